The number of carbonyl (C=O) groups excluding carboxylic acids is 1. The monoisotopic (exact) mass is 346 g/mol. The Labute approximate surface area is 181 Å². The molecule has 0 saturated heterocycles. The van der Waals surface area contributed by atoms with Crippen molar-refractivity contribution < 1.29 is 65.7 Å². The fourth-order valence-electron chi connectivity index (χ4n) is 2.80. The predicted octanol–water partition coefficient (Wildman–Crippen LogP) is -0.0184. The van der Waals surface area contributed by atoms with Crippen molar-refractivity contribution in [2.24, 2.45) is 0 Å². The summed E-state index contributed by atoms with van der Waals surface area (Å²) in [6.45, 7) is 1.45. The third kappa shape index (κ3) is 3.87. The number of benzene rings is 2. The summed E-state index contributed by atoms with van der Waals surface area (Å²) in [4.78, 5) is 24.0. The first kappa shape index (κ1) is 19.1. The molecule has 0 radical (unpaired) electrons. The molecule has 1 aromatic heterocycles. The van der Waals surface area contributed by atoms with Gasteiger partial charge in [-0.2, -0.15) is 0 Å². The quantitative estimate of drug-likeness (QED) is 0.492. The molecule has 1 heterocycles. The molecule has 3 aromatic rings. The summed E-state index contributed by atoms with van der Waals surface area (Å²) in [7, 11) is 0. The Morgan fingerprint density at radius 1 is 1.08 bits per heavy atom. The number of para-hydroxylation sites is 1. The normalized spacial score (nSPS) is 11.7. The van der Waals surface area contributed by atoms with Crippen molar-refractivity contribution in [3.8, 4) is 5.75 Å². The molecule has 24 heavy (non-hydrogen) atoms. The van der Waals surface area contributed by atoms with Gasteiger partial charge in [0, 0.05) is 23.3 Å². The van der Waals surface area contributed by atoms with Gasteiger partial charge in [-0.1, -0.05) is 54.3 Å². The Morgan fingerprint density at radius 3 is 2.38 bits per heavy atom. The van der Waals surface area contributed by atoms with Gasteiger partial charge in [0.1, 0.15) is 11.4 Å². The summed E-state index contributed by atoms with van der Waals surface area (Å²) in [6.07, 6.45) is 0.0857. The van der Waals surface area contributed by atoms with Gasteiger partial charge in [-0.15, -0.1) is 0 Å². The molecule has 2 aromatic carbocycles. The molecule has 0 amide bonds. The van der Waals surface area contributed by atoms with Crippen LogP contribution in [0.4, 0.5) is 0 Å². The average molecular weight is 346 g/mol. The molecular formula is C19H15KO4. The molecule has 3 rings (SSSR count). The van der Waals surface area contributed by atoms with E-state index < -0.39 is 11.5 Å². The van der Waals surface area contributed by atoms with Crippen LogP contribution in [0.5, 0.6) is 5.75 Å². The number of Topliss-reactive ketones (excluding diaryl/α,β-unsaturated/α-hetero) is 1. The van der Waals surface area contributed by atoms with Crippen LogP contribution in [0.2, 0.25) is 0 Å². The average Bonchev–Trinajstić information content (AvgIpc) is 2.54. The van der Waals surface area contributed by atoms with E-state index in [4.69, 9.17) is 4.42 Å². The van der Waals surface area contributed by atoms with Gasteiger partial charge < -0.3 is 9.52 Å². The van der Waals surface area contributed by atoms with Crippen LogP contribution in [0.25, 0.3) is 11.0 Å². The number of ketones is 1. The minimum absolute atomic E-state index is 0. The van der Waals surface area contributed by atoms with Crippen LogP contribution in [0.15, 0.2) is 63.8 Å². The Morgan fingerprint density at radius 2 is 1.71 bits per heavy atom. The fourth-order valence-corrected chi connectivity index (χ4v) is 2.80. The van der Waals surface area contributed by atoms with E-state index in [2.05, 4.69) is 0 Å². The van der Waals surface area contributed by atoms with Gasteiger partial charge in [-0.25, -0.2) is 4.79 Å². The summed E-state index contributed by atoms with van der Waals surface area (Å²) in [5, 5.41) is 13.1. The van der Waals surface area contributed by atoms with Crippen molar-refractivity contribution >= 4 is 16.8 Å². The van der Waals surface area contributed by atoms with E-state index in [1.807, 2.05) is 30.3 Å². The maximum absolute atomic E-state index is 12.8. The molecule has 0 aliphatic carbocycles. The number of fused-ring (bicyclic) bond motifs is 1. The van der Waals surface area contributed by atoms with E-state index in [0.29, 0.717) is 5.39 Å². The van der Waals surface area contributed by atoms with Crippen LogP contribution < -0.4 is 62.1 Å². The van der Waals surface area contributed by atoms with E-state index in [9.17, 15) is 14.7 Å². The maximum Gasteiger partial charge on any atom is 1.00 e. The van der Waals surface area contributed by atoms with Gasteiger partial charge >= 0.3 is 57.0 Å². The number of hydrogen-bond acceptors (Lipinski definition) is 4. The predicted molar refractivity (Wildman–Crippen MR) is 85.5 cm³/mol. The van der Waals surface area contributed by atoms with Crippen molar-refractivity contribution in [1.29, 1.82) is 0 Å². The van der Waals surface area contributed by atoms with Crippen LogP contribution in [-0.2, 0) is 4.79 Å². The Bertz CT molecular complexity index is 916. The SMILES string of the molecule is CC(=O)CC(c1ccccc1)c1c([O-])c2ccccc2oc1=O.[K+]. The first-order chi connectivity index (χ1) is 11.1. The molecule has 0 saturated carbocycles. The molecule has 116 valence electrons. The zero-order valence-electron chi connectivity index (χ0n) is 13.6. The van der Waals surface area contributed by atoms with E-state index in [-0.39, 0.29) is 80.5 Å². The van der Waals surface area contributed by atoms with Crippen molar-refractivity contribution in [2.75, 3.05) is 0 Å². The molecule has 1 unspecified atom stereocenters. The first-order valence-electron chi connectivity index (χ1n) is 7.35. The second kappa shape index (κ2) is 8.23. The molecule has 0 aliphatic rings. The molecule has 0 N–H and O–H groups in total. The number of carbonyl (C=O) groups is 1. The smallest absolute Gasteiger partial charge is 0.872 e. The summed E-state index contributed by atoms with van der Waals surface area (Å²) < 4.78 is 5.29. The first-order valence-corrected chi connectivity index (χ1v) is 7.35. The van der Waals surface area contributed by atoms with Gasteiger partial charge in [-0.3, -0.25) is 4.79 Å². The summed E-state index contributed by atoms with van der Waals surface area (Å²) in [6, 6.07) is 15.7. The van der Waals surface area contributed by atoms with Gasteiger partial charge in [0.2, 0.25) is 0 Å². The number of rotatable bonds is 4. The van der Waals surface area contributed by atoms with Crippen molar-refractivity contribution in [2.45, 2.75) is 19.3 Å². The third-order valence-electron chi connectivity index (χ3n) is 3.84. The topological polar surface area (TPSA) is 70.3 Å². The van der Waals surface area contributed by atoms with Crippen molar-refractivity contribution in [1.82, 2.24) is 0 Å². The molecule has 0 spiro atoms. The van der Waals surface area contributed by atoms with Gasteiger partial charge in [-0.05, 0) is 18.6 Å². The standard InChI is InChI=1S/C19H16O4.K/c1-12(20)11-15(13-7-3-2-4-8-13)17-18(21)14-9-5-6-10-16(14)23-19(17)22;/h2-10,15,21H,11H2,1H3;/q;+1/p-1. The van der Waals surface area contributed by atoms with Crippen LogP contribution in [0.1, 0.15) is 30.4 Å². The molecule has 0 fully saturated rings. The van der Waals surface area contributed by atoms with E-state index in [0.717, 1.165) is 5.56 Å². The molecule has 0 aliphatic heterocycles. The van der Waals surface area contributed by atoms with Gasteiger partial charge in [0.25, 0.3) is 0 Å². The molecule has 1 atom stereocenters. The van der Waals surface area contributed by atoms with E-state index in [1.165, 1.54) is 6.92 Å². The van der Waals surface area contributed by atoms with Crippen molar-refractivity contribution in [3.63, 3.8) is 0 Å². The zero-order valence-corrected chi connectivity index (χ0v) is 16.7. The molecule has 0 bridgehead atoms. The van der Waals surface area contributed by atoms with Crippen LogP contribution in [0, 0.1) is 0 Å². The van der Waals surface area contributed by atoms with Crippen LogP contribution in [-0.4, -0.2) is 5.78 Å². The summed E-state index contributed by atoms with van der Waals surface area (Å²) >= 11 is 0. The van der Waals surface area contributed by atoms with Crippen LogP contribution in [0.3, 0.4) is 0 Å². The zero-order chi connectivity index (χ0) is 16.4. The fraction of sp³-hybridized carbons (Fsp3) is 0.158. The second-order valence-electron chi connectivity index (χ2n) is 5.50. The Kier molecular flexibility index (Phi) is 6.54. The van der Waals surface area contributed by atoms with Gasteiger partial charge in [0.05, 0.1) is 0 Å². The Balaban J connectivity index is 0.00000208. The molecule has 4 nitrogen and oxygen atoms in total. The Hall–Kier alpha value is -1.24. The van der Waals surface area contributed by atoms with Crippen molar-refractivity contribution in [3.05, 3.63) is 76.1 Å². The van der Waals surface area contributed by atoms with Gasteiger partial charge in [0.15, 0.2) is 0 Å². The van der Waals surface area contributed by atoms with Crippen LogP contribution >= 0.6 is 0 Å². The largest absolute Gasteiger partial charge is 1.00 e. The molecule has 5 heteroatoms. The summed E-state index contributed by atoms with van der Waals surface area (Å²) in [5.41, 5.74) is 0.358. The van der Waals surface area contributed by atoms with E-state index >= 15 is 0 Å². The molecular weight excluding hydrogens is 331 g/mol. The van der Waals surface area contributed by atoms with E-state index in [1.54, 1.807) is 24.3 Å². The minimum Gasteiger partial charge on any atom is -0.872 e. The number of hydrogen-bond donors (Lipinski definition) is 0. The summed E-state index contributed by atoms with van der Waals surface area (Å²) in [5.74, 6) is -1.06. The third-order valence-corrected chi connectivity index (χ3v) is 3.84. The minimum atomic E-state index is -0.677. The maximum atomic E-state index is 12.8. The second-order valence-corrected chi connectivity index (χ2v) is 5.50.